The van der Waals surface area contributed by atoms with Crippen molar-refractivity contribution in [3.63, 3.8) is 0 Å². The molecule has 2 atom stereocenters. The summed E-state index contributed by atoms with van der Waals surface area (Å²) in [6.45, 7) is -0.0484. The number of anilines is 2. The number of carbonyl (C=O) groups excluding carboxylic acids is 1. The SMILES string of the molecule is CN(CCO)c1cc(-c2ccc3c(c2)ncn3[C@@H]2CCCC[C@H]2F)c([N+](=O)[O-])c(N)c1C(N)=O. The normalized spacial score (nSPS) is 18.2. The molecule has 1 saturated carbocycles. The van der Waals surface area contributed by atoms with Gasteiger partial charge in [-0.2, -0.15) is 0 Å². The highest BCUT2D eigenvalue weighted by Gasteiger charge is 2.30. The summed E-state index contributed by atoms with van der Waals surface area (Å²) in [5.74, 6) is -0.908. The predicted octanol–water partition coefficient (Wildman–Crippen LogP) is 3.17. The highest BCUT2D eigenvalue weighted by atomic mass is 19.1. The number of hydrogen-bond donors (Lipinski definition) is 3. The van der Waals surface area contributed by atoms with Gasteiger partial charge in [0, 0.05) is 13.6 Å². The number of aliphatic hydroxyl groups is 1. The zero-order chi connectivity index (χ0) is 24.6. The molecule has 5 N–H and O–H groups in total. The summed E-state index contributed by atoms with van der Waals surface area (Å²) < 4.78 is 16.4. The number of imidazole rings is 1. The first kappa shape index (κ1) is 23.4. The first-order valence-corrected chi connectivity index (χ1v) is 11.1. The number of nitrogens with zero attached hydrogens (tertiary/aromatic N) is 4. The molecule has 1 aliphatic rings. The fourth-order valence-corrected chi connectivity index (χ4v) is 4.77. The van der Waals surface area contributed by atoms with Gasteiger partial charge in [0.15, 0.2) is 0 Å². The van der Waals surface area contributed by atoms with Crippen LogP contribution in [0, 0.1) is 10.1 Å². The Morgan fingerprint density at radius 2 is 2.09 bits per heavy atom. The van der Waals surface area contributed by atoms with Crippen molar-refractivity contribution in [1.29, 1.82) is 0 Å². The Morgan fingerprint density at radius 1 is 1.35 bits per heavy atom. The van der Waals surface area contributed by atoms with Crippen LogP contribution in [0.4, 0.5) is 21.5 Å². The molecule has 0 bridgehead atoms. The molecule has 10 nitrogen and oxygen atoms in total. The van der Waals surface area contributed by atoms with Crippen LogP contribution in [0.5, 0.6) is 0 Å². The van der Waals surface area contributed by atoms with E-state index in [-0.39, 0.29) is 41.7 Å². The molecule has 34 heavy (non-hydrogen) atoms. The molecule has 1 aliphatic carbocycles. The number of rotatable bonds is 7. The molecule has 1 heterocycles. The van der Waals surface area contributed by atoms with E-state index >= 15 is 0 Å². The Kier molecular flexibility index (Phi) is 6.38. The number of alkyl halides is 1. The van der Waals surface area contributed by atoms with Crippen LogP contribution >= 0.6 is 0 Å². The van der Waals surface area contributed by atoms with Crippen LogP contribution in [0.25, 0.3) is 22.2 Å². The number of nitro groups is 1. The van der Waals surface area contributed by atoms with E-state index in [0.717, 1.165) is 24.8 Å². The number of nitrogens with two attached hydrogens (primary N) is 2. The Labute approximate surface area is 195 Å². The van der Waals surface area contributed by atoms with Gasteiger partial charge in [-0.15, -0.1) is 0 Å². The highest BCUT2D eigenvalue weighted by Crippen LogP contribution is 2.43. The van der Waals surface area contributed by atoms with Crippen LogP contribution in [-0.2, 0) is 0 Å². The molecule has 0 saturated heterocycles. The summed E-state index contributed by atoms with van der Waals surface area (Å²) in [5, 5.41) is 21.3. The van der Waals surface area contributed by atoms with Crippen LogP contribution in [0.3, 0.4) is 0 Å². The van der Waals surface area contributed by atoms with E-state index in [1.807, 2.05) is 4.57 Å². The number of aliphatic hydroxyl groups excluding tert-OH is 1. The minimum atomic E-state index is -0.947. The van der Waals surface area contributed by atoms with Gasteiger partial charge in [-0.1, -0.05) is 18.9 Å². The molecule has 4 rings (SSSR count). The van der Waals surface area contributed by atoms with E-state index in [9.17, 15) is 24.4 Å². The molecule has 0 spiro atoms. The van der Waals surface area contributed by atoms with Crippen molar-refractivity contribution in [3.05, 3.63) is 46.3 Å². The van der Waals surface area contributed by atoms with Gasteiger partial charge in [0.05, 0.1) is 51.7 Å². The number of aromatic nitrogens is 2. The predicted molar refractivity (Wildman–Crippen MR) is 128 cm³/mol. The highest BCUT2D eigenvalue weighted by molar-refractivity contribution is 6.08. The fourth-order valence-electron chi connectivity index (χ4n) is 4.77. The first-order valence-electron chi connectivity index (χ1n) is 11.1. The van der Waals surface area contributed by atoms with Crippen molar-refractivity contribution in [1.82, 2.24) is 9.55 Å². The largest absolute Gasteiger partial charge is 0.395 e. The van der Waals surface area contributed by atoms with Gasteiger partial charge in [0.1, 0.15) is 11.9 Å². The number of primary amides is 1. The standard InChI is InChI=1S/C23H27FN6O4/c1-28(8-9-31)19-11-14(22(30(33)34)21(25)20(19)23(26)32)13-6-7-18-16(10-13)27-12-29(18)17-5-3-2-4-15(17)24/h6-7,10-12,15,17,31H,2-5,8-9,25H2,1H3,(H2,26,32)/t15-,17-/m1/s1. The van der Waals surface area contributed by atoms with E-state index in [4.69, 9.17) is 11.5 Å². The number of fused-ring (bicyclic) bond motifs is 1. The van der Waals surface area contributed by atoms with Gasteiger partial charge in [0.25, 0.3) is 5.91 Å². The van der Waals surface area contributed by atoms with Crippen LogP contribution in [0.2, 0.25) is 0 Å². The fraction of sp³-hybridized carbons (Fsp3) is 0.391. The number of amides is 1. The zero-order valence-electron chi connectivity index (χ0n) is 18.8. The average molecular weight is 471 g/mol. The van der Waals surface area contributed by atoms with Crippen molar-refractivity contribution in [3.8, 4) is 11.1 Å². The maximum absolute atomic E-state index is 14.6. The molecule has 1 amide bonds. The number of nitro benzene ring substituents is 1. The van der Waals surface area contributed by atoms with Crippen LogP contribution in [0.1, 0.15) is 42.1 Å². The second kappa shape index (κ2) is 9.26. The van der Waals surface area contributed by atoms with Crippen molar-refractivity contribution in [2.75, 3.05) is 30.8 Å². The van der Waals surface area contributed by atoms with Crippen LogP contribution in [0.15, 0.2) is 30.6 Å². The second-order valence-corrected chi connectivity index (χ2v) is 8.57. The molecule has 3 aromatic rings. The lowest BCUT2D eigenvalue weighted by atomic mass is 9.93. The minimum Gasteiger partial charge on any atom is -0.395 e. The molecular weight excluding hydrogens is 443 g/mol. The number of nitrogen functional groups attached to an aromatic ring is 1. The number of carbonyl (C=O) groups is 1. The molecule has 1 aromatic heterocycles. The van der Waals surface area contributed by atoms with Gasteiger partial charge in [-0.05, 0) is 36.6 Å². The van der Waals surface area contributed by atoms with Crippen molar-refractivity contribution < 1.29 is 19.2 Å². The summed E-state index contributed by atoms with van der Waals surface area (Å²) in [6.07, 6.45) is 3.72. The van der Waals surface area contributed by atoms with Crippen molar-refractivity contribution in [2.45, 2.75) is 37.9 Å². The number of benzene rings is 2. The van der Waals surface area contributed by atoms with E-state index in [2.05, 4.69) is 4.98 Å². The maximum Gasteiger partial charge on any atom is 0.300 e. The van der Waals surface area contributed by atoms with Crippen molar-refractivity contribution in [2.24, 2.45) is 5.73 Å². The lowest BCUT2D eigenvalue weighted by Crippen LogP contribution is -2.26. The van der Waals surface area contributed by atoms with E-state index < -0.39 is 22.7 Å². The smallest absolute Gasteiger partial charge is 0.300 e. The molecule has 0 radical (unpaired) electrons. The summed E-state index contributed by atoms with van der Waals surface area (Å²) in [6, 6.07) is 6.32. The monoisotopic (exact) mass is 470 g/mol. The molecule has 0 aliphatic heterocycles. The van der Waals surface area contributed by atoms with Crippen LogP contribution < -0.4 is 16.4 Å². The molecule has 11 heteroatoms. The lowest BCUT2D eigenvalue weighted by Gasteiger charge is -2.27. The summed E-state index contributed by atoms with van der Waals surface area (Å²) in [7, 11) is 1.62. The molecule has 2 aromatic carbocycles. The van der Waals surface area contributed by atoms with E-state index in [0.29, 0.717) is 17.5 Å². The maximum atomic E-state index is 14.6. The topological polar surface area (TPSA) is 154 Å². The number of likely N-dealkylation sites (N-methyl/N-ethyl adjacent to an activating group) is 1. The summed E-state index contributed by atoms with van der Waals surface area (Å²) >= 11 is 0. The molecule has 0 unspecified atom stereocenters. The Morgan fingerprint density at radius 3 is 2.74 bits per heavy atom. The quantitative estimate of drug-likeness (QED) is 0.272. The number of hydrogen-bond acceptors (Lipinski definition) is 7. The van der Waals surface area contributed by atoms with Gasteiger partial charge in [0.2, 0.25) is 0 Å². The molecular formula is C23H27FN6O4. The Hall–Kier alpha value is -3.73. The van der Waals surface area contributed by atoms with Gasteiger partial charge >= 0.3 is 5.69 Å². The molecule has 1 fully saturated rings. The minimum absolute atomic E-state index is 0.159. The third-order valence-corrected chi connectivity index (χ3v) is 6.48. The summed E-state index contributed by atoms with van der Waals surface area (Å²) in [5.41, 5.74) is 12.8. The Balaban J connectivity index is 1.88. The third-order valence-electron chi connectivity index (χ3n) is 6.48. The van der Waals surface area contributed by atoms with Gasteiger partial charge in [-0.3, -0.25) is 14.9 Å². The first-order chi connectivity index (χ1) is 16.2. The molecule has 180 valence electrons. The lowest BCUT2D eigenvalue weighted by molar-refractivity contribution is -0.383. The Bertz CT molecular complexity index is 1260. The van der Waals surface area contributed by atoms with Crippen LogP contribution in [-0.4, -0.2) is 51.9 Å². The second-order valence-electron chi connectivity index (χ2n) is 8.57. The average Bonchev–Trinajstić information content (AvgIpc) is 3.21. The number of halogens is 1. The van der Waals surface area contributed by atoms with Crippen molar-refractivity contribution >= 4 is 34.0 Å². The third kappa shape index (κ3) is 4.03. The zero-order valence-corrected chi connectivity index (χ0v) is 18.8. The summed E-state index contributed by atoms with van der Waals surface area (Å²) in [4.78, 5) is 29.4. The van der Waals surface area contributed by atoms with Gasteiger partial charge in [-0.25, -0.2) is 9.37 Å². The van der Waals surface area contributed by atoms with Gasteiger partial charge < -0.3 is 26.0 Å². The van der Waals surface area contributed by atoms with E-state index in [1.54, 1.807) is 36.5 Å². The van der Waals surface area contributed by atoms with E-state index in [1.165, 1.54) is 6.07 Å².